The van der Waals surface area contributed by atoms with Crippen LogP contribution in [-0.2, 0) is 9.84 Å². The van der Waals surface area contributed by atoms with Gasteiger partial charge in [-0.15, -0.1) is 12.4 Å². The SMILES string of the molecule is Cl.O=C(c1cnc(Nc2ccc(Cl)c(F)c2)c2c1C1CCC2C1)N1CCS(=O)(=O)CC1. The van der Waals surface area contributed by atoms with Crippen molar-refractivity contribution in [3.63, 3.8) is 0 Å². The van der Waals surface area contributed by atoms with Crippen molar-refractivity contribution in [2.75, 3.05) is 29.9 Å². The first-order valence-corrected chi connectivity index (χ1v) is 12.3. The normalized spacial score (nSPS) is 23.2. The summed E-state index contributed by atoms with van der Waals surface area (Å²) in [5.41, 5.74) is 3.19. The molecule has 5 rings (SSSR count). The molecule has 31 heavy (non-hydrogen) atoms. The predicted molar refractivity (Wildman–Crippen MR) is 120 cm³/mol. The third-order valence-electron chi connectivity index (χ3n) is 6.45. The summed E-state index contributed by atoms with van der Waals surface area (Å²) in [5, 5.41) is 3.26. The topological polar surface area (TPSA) is 79.4 Å². The Kier molecular flexibility index (Phi) is 5.91. The van der Waals surface area contributed by atoms with Crippen LogP contribution in [-0.4, -0.2) is 48.8 Å². The minimum Gasteiger partial charge on any atom is -0.340 e. The smallest absolute Gasteiger partial charge is 0.255 e. The molecule has 10 heteroatoms. The molecule has 1 N–H and O–H groups in total. The monoisotopic (exact) mass is 485 g/mol. The van der Waals surface area contributed by atoms with Crippen LogP contribution < -0.4 is 5.32 Å². The summed E-state index contributed by atoms with van der Waals surface area (Å²) < 4.78 is 37.3. The molecular formula is C21H22Cl2FN3O3S. The fourth-order valence-corrected chi connectivity index (χ4v) is 6.29. The van der Waals surface area contributed by atoms with E-state index in [1.165, 1.54) is 12.1 Å². The Balaban J connectivity index is 0.00000231. The van der Waals surface area contributed by atoms with E-state index in [1.807, 2.05) is 0 Å². The van der Waals surface area contributed by atoms with Gasteiger partial charge in [0.2, 0.25) is 0 Å². The number of benzene rings is 1. The van der Waals surface area contributed by atoms with Crippen LogP contribution in [0.5, 0.6) is 0 Å². The number of pyridine rings is 1. The Morgan fingerprint density at radius 3 is 2.52 bits per heavy atom. The average Bonchev–Trinajstić information content (AvgIpc) is 3.33. The summed E-state index contributed by atoms with van der Waals surface area (Å²) >= 11 is 5.78. The molecule has 1 aliphatic heterocycles. The number of amides is 1. The van der Waals surface area contributed by atoms with E-state index >= 15 is 0 Å². The molecule has 2 fully saturated rings. The standard InChI is InChI=1S/C21H21ClFN3O3S.ClH/c22-16-4-3-14(10-17(16)23)25-20-19-13-2-1-12(9-13)18(19)15(11-24-20)21(27)26-5-7-30(28,29)8-6-26;/h3-4,10-13H,1-2,5-9H2,(H,24,25);1H. The van der Waals surface area contributed by atoms with Crippen molar-refractivity contribution >= 4 is 51.3 Å². The van der Waals surface area contributed by atoms with E-state index in [0.29, 0.717) is 28.9 Å². The summed E-state index contributed by atoms with van der Waals surface area (Å²) in [7, 11) is -3.06. The van der Waals surface area contributed by atoms with Crippen LogP contribution >= 0.6 is 24.0 Å². The molecule has 3 aliphatic rings. The number of aromatic nitrogens is 1. The Morgan fingerprint density at radius 2 is 1.84 bits per heavy atom. The second-order valence-electron chi connectivity index (χ2n) is 8.25. The van der Waals surface area contributed by atoms with Gasteiger partial charge in [-0.2, -0.15) is 0 Å². The van der Waals surface area contributed by atoms with Crippen molar-refractivity contribution < 1.29 is 17.6 Å². The lowest BCUT2D eigenvalue weighted by molar-refractivity contribution is 0.0768. The van der Waals surface area contributed by atoms with Gasteiger partial charge in [0.05, 0.1) is 22.1 Å². The highest BCUT2D eigenvalue weighted by Gasteiger charge is 2.42. The summed E-state index contributed by atoms with van der Waals surface area (Å²) in [6.45, 7) is 0.433. The van der Waals surface area contributed by atoms with Crippen molar-refractivity contribution in [3.05, 3.63) is 51.9 Å². The zero-order chi connectivity index (χ0) is 21.0. The van der Waals surface area contributed by atoms with Crippen molar-refractivity contribution in [2.45, 2.75) is 31.1 Å². The van der Waals surface area contributed by atoms with Crippen LogP contribution in [0, 0.1) is 5.82 Å². The van der Waals surface area contributed by atoms with E-state index in [-0.39, 0.29) is 47.9 Å². The van der Waals surface area contributed by atoms with E-state index in [0.717, 1.165) is 30.4 Å². The van der Waals surface area contributed by atoms with E-state index in [1.54, 1.807) is 17.2 Å². The van der Waals surface area contributed by atoms with Crippen LogP contribution in [0.2, 0.25) is 5.02 Å². The summed E-state index contributed by atoms with van der Waals surface area (Å²) in [5.74, 6) is 0.632. The summed E-state index contributed by atoms with van der Waals surface area (Å²) in [6, 6.07) is 4.52. The van der Waals surface area contributed by atoms with Gasteiger partial charge in [0.25, 0.3) is 5.91 Å². The van der Waals surface area contributed by atoms with Crippen LogP contribution in [0.3, 0.4) is 0 Å². The molecule has 0 radical (unpaired) electrons. The van der Waals surface area contributed by atoms with Gasteiger partial charge in [-0.05, 0) is 54.9 Å². The molecule has 1 saturated heterocycles. The maximum Gasteiger partial charge on any atom is 0.255 e. The van der Waals surface area contributed by atoms with Gasteiger partial charge in [0, 0.05) is 30.5 Å². The third kappa shape index (κ3) is 4.01. The molecule has 166 valence electrons. The van der Waals surface area contributed by atoms with Gasteiger partial charge >= 0.3 is 0 Å². The van der Waals surface area contributed by atoms with Crippen LogP contribution in [0.4, 0.5) is 15.9 Å². The molecule has 1 saturated carbocycles. The van der Waals surface area contributed by atoms with Gasteiger partial charge in [-0.3, -0.25) is 4.79 Å². The van der Waals surface area contributed by atoms with Crippen molar-refractivity contribution in [2.24, 2.45) is 0 Å². The number of anilines is 2. The zero-order valence-electron chi connectivity index (χ0n) is 16.6. The first kappa shape index (κ1) is 22.3. The Hall–Kier alpha value is -1.90. The third-order valence-corrected chi connectivity index (χ3v) is 8.37. The molecule has 1 aromatic heterocycles. The molecule has 2 unspecified atom stereocenters. The first-order valence-electron chi connectivity index (χ1n) is 10.1. The molecular weight excluding hydrogens is 464 g/mol. The predicted octanol–water partition coefficient (Wildman–Crippen LogP) is 4.27. The number of hydrogen-bond acceptors (Lipinski definition) is 5. The lowest BCUT2D eigenvalue weighted by atomic mass is 9.88. The Morgan fingerprint density at radius 1 is 1.16 bits per heavy atom. The first-order chi connectivity index (χ1) is 14.3. The fourth-order valence-electron chi connectivity index (χ4n) is 4.97. The molecule has 1 amide bonds. The van der Waals surface area contributed by atoms with Crippen molar-refractivity contribution in [3.8, 4) is 0 Å². The molecule has 2 heterocycles. The molecule has 2 aromatic rings. The molecule has 2 bridgehead atoms. The Bertz CT molecular complexity index is 1140. The van der Waals surface area contributed by atoms with E-state index in [4.69, 9.17) is 11.6 Å². The highest BCUT2D eigenvalue weighted by molar-refractivity contribution is 7.91. The largest absolute Gasteiger partial charge is 0.340 e. The summed E-state index contributed by atoms with van der Waals surface area (Å²) in [4.78, 5) is 19.4. The fraction of sp³-hybridized carbons (Fsp3) is 0.429. The Labute approximate surface area is 191 Å². The lowest BCUT2D eigenvalue weighted by Crippen LogP contribution is -2.44. The van der Waals surface area contributed by atoms with Gasteiger partial charge in [-0.25, -0.2) is 17.8 Å². The molecule has 2 aliphatic carbocycles. The number of rotatable bonds is 3. The molecule has 6 nitrogen and oxygen atoms in total. The highest BCUT2D eigenvalue weighted by Crippen LogP contribution is 2.56. The number of nitrogens with one attached hydrogen (secondary N) is 1. The number of carbonyl (C=O) groups excluding carboxylic acids is 1. The maximum absolute atomic E-state index is 13.9. The molecule has 2 atom stereocenters. The van der Waals surface area contributed by atoms with E-state index in [2.05, 4.69) is 10.3 Å². The van der Waals surface area contributed by atoms with Gasteiger partial charge in [0.15, 0.2) is 9.84 Å². The zero-order valence-corrected chi connectivity index (χ0v) is 19.0. The number of sulfone groups is 1. The molecule has 1 aromatic carbocycles. The van der Waals surface area contributed by atoms with Crippen LogP contribution in [0.15, 0.2) is 24.4 Å². The number of halogens is 3. The van der Waals surface area contributed by atoms with Crippen molar-refractivity contribution in [1.82, 2.24) is 9.88 Å². The highest BCUT2D eigenvalue weighted by atomic mass is 35.5. The number of hydrogen-bond donors (Lipinski definition) is 1. The van der Waals surface area contributed by atoms with Crippen molar-refractivity contribution in [1.29, 1.82) is 0 Å². The average molecular weight is 486 g/mol. The second kappa shape index (κ2) is 8.22. The van der Waals surface area contributed by atoms with E-state index < -0.39 is 15.7 Å². The summed E-state index contributed by atoms with van der Waals surface area (Å²) in [6.07, 6.45) is 4.65. The second-order valence-corrected chi connectivity index (χ2v) is 11.0. The minimum absolute atomic E-state index is 0. The maximum atomic E-state index is 13.9. The van der Waals surface area contributed by atoms with Gasteiger partial charge < -0.3 is 10.2 Å². The number of fused-ring (bicyclic) bond motifs is 5. The van der Waals surface area contributed by atoms with Gasteiger partial charge in [0.1, 0.15) is 11.6 Å². The van der Waals surface area contributed by atoms with Crippen LogP contribution in [0.25, 0.3) is 0 Å². The van der Waals surface area contributed by atoms with Crippen LogP contribution in [0.1, 0.15) is 52.6 Å². The molecule has 0 spiro atoms. The van der Waals surface area contributed by atoms with E-state index in [9.17, 15) is 17.6 Å². The minimum atomic E-state index is -3.06. The van der Waals surface area contributed by atoms with Gasteiger partial charge in [-0.1, -0.05) is 11.6 Å². The number of carbonyl (C=O) groups is 1. The number of nitrogens with zero attached hydrogens (tertiary/aromatic N) is 2. The quantitative estimate of drug-likeness (QED) is 0.701. The lowest BCUT2D eigenvalue weighted by Gasteiger charge is -2.29.